The third kappa shape index (κ3) is 14.3. The van der Waals surface area contributed by atoms with E-state index in [2.05, 4.69) is 21.3 Å². The average molecular weight is 912 g/mol. The Kier molecular flexibility index (Phi) is 16.0. The van der Waals surface area contributed by atoms with Crippen LogP contribution in [0.5, 0.6) is 11.5 Å². The van der Waals surface area contributed by atoms with Crippen molar-refractivity contribution in [2.75, 3.05) is 33.3 Å². The Morgan fingerprint density at radius 1 is 0.785 bits per heavy atom. The van der Waals surface area contributed by atoms with E-state index in [1.54, 1.807) is 108 Å². The van der Waals surface area contributed by atoms with Crippen molar-refractivity contribution in [2.24, 2.45) is 0 Å². The Hall–Kier alpha value is -6.94. The first kappa shape index (κ1) is 49.1. The van der Waals surface area contributed by atoms with E-state index in [4.69, 9.17) is 30.5 Å². The Morgan fingerprint density at radius 3 is 2.03 bits per heavy atom. The molecule has 344 valence electrons. The second kappa shape index (κ2) is 21.2. The van der Waals surface area contributed by atoms with Crippen molar-refractivity contribution in [2.45, 2.75) is 78.2 Å². The Balaban J connectivity index is 1.52. The van der Waals surface area contributed by atoms with Gasteiger partial charge in [0.2, 0.25) is 17.7 Å². The fourth-order valence-electron chi connectivity index (χ4n) is 6.62. The summed E-state index contributed by atoms with van der Waals surface area (Å²) in [5.74, 6) is -2.75. The summed E-state index contributed by atoms with van der Waals surface area (Å²) in [7, 11) is 1.37. The molecule has 0 saturated heterocycles. The number of nitrogens with one attached hydrogen (secondary N) is 4. The summed E-state index contributed by atoms with van der Waals surface area (Å²) in [5.41, 5.74) is 1.74. The van der Waals surface area contributed by atoms with Crippen LogP contribution in [0.3, 0.4) is 0 Å². The van der Waals surface area contributed by atoms with Gasteiger partial charge in [-0.3, -0.25) is 24.0 Å². The molecule has 0 radical (unpaired) electrons. The second-order valence-corrected chi connectivity index (χ2v) is 17.7. The summed E-state index contributed by atoms with van der Waals surface area (Å²) in [6, 6.07) is 21.0. The number of nitrogens with zero attached hydrogens (tertiary/aromatic N) is 1. The van der Waals surface area contributed by atoms with E-state index in [0.29, 0.717) is 10.6 Å². The molecule has 0 fully saturated rings. The summed E-state index contributed by atoms with van der Waals surface area (Å²) in [5, 5.41) is 11.1. The topological polar surface area (TPSA) is 208 Å². The first-order valence-electron chi connectivity index (χ1n) is 20.8. The lowest BCUT2D eigenvalue weighted by Crippen LogP contribution is -2.49. The molecule has 4 N–H and O–H groups in total. The molecular weight excluding hydrogens is 858 g/mol. The largest absolute Gasteiger partial charge is 0.514 e. The number of hydrogen-bond acceptors (Lipinski definition) is 11. The standard InChI is InChI=1S/C48H54ClN5O11/c1-28(55)37-24-29-9-19-39(63-46(61)65-48(5,6)7)35(23-29)36-25-33(16-20-38(36)62-22-21-50-45(60)64-47(2,3)4)42(44(59)51-26-40(56)53-37)54(8)41(57)27-52-43(58)32-12-10-30(11-13-32)31-14-17-34(49)18-15-31/h9-20,23,25,37,42H,21-22,24,26-27H2,1-8H3,(H,50,60)(H,51,59)(H,52,58)(H,53,56). The van der Waals surface area contributed by atoms with Gasteiger partial charge in [-0.1, -0.05) is 48.0 Å². The van der Waals surface area contributed by atoms with Gasteiger partial charge < -0.3 is 45.1 Å². The maximum absolute atomic E-state index is 14.2. The molecule has 2 unspecified atom stereocenters. The monoisotopic (exact) mass is 911 g/mol. The lowest BCUT2D eigenvalue weighted by molar-refractivity contribution is -0.139. The molecule has 0 spiro atoms. The van der Waals surface area contributed by atoms with Gasteiger partial charge in [0.05, 0.1) is 25.7 Å². The van der Waals surface area contributed by atoms with E-state index in [1.165, 1.54) is 20.0 Å². The fourth-order valence-corrected chi connectivity index (χ4v) is 6.75. The van der Waals surface area contributed by atoms with Crippen molar-refractivity contribution in [1.29, 1.82) is 0 Å². The molecule has 5 rings (SSSR count). The number of fused-ring (bicyclic) bond motifs is 5. The minimum Gasteiger partial charge on any atom is -0.491 e. The van der Waals surface area contributed by atoms with Crippen molar-refractivity contribution in [3.8, 4) is 33.8 Å². The van der Waals surface area contributed by atoms with Crippen LogP contribution < -0.4 is 30.7 Å². The quantitative estimate of drug-likeness (QED) is 0.0719. The third-order valence-corrected chi connectivity index (χ3v) is 9.96. The summed E-state index contributed by atoms with van der Waals surface area (Å²) in [4.78, 5) is 94.0. The molecule has 1 aliphatic rings. The van der Waals surface area contributed by atoms with E-state index in [1.807, 2.05) is 12.1 Å². The fraction of sp³-hybridized carbons (Fsp3) is 0.354. The molecule has 4 aromatic rings. The zero-order valence-electron chi connectivity index (χ0n) is 37.6. The van der Waals surface area contributed by atoms with Gasteiger partial charge in [-0.2, -0.15) is 0 Å². The molecule has 1 aliphatic heterocycles. The van der Waals surface area contributed by atoms with Gasteiger partial charge in [0.25, 0.3) is 5.91 Å². The van der Waals surface area contributed by atoms with Crippen LogP contribution in [0.1, 0.15) is 76.0 Å². The van der Waals surface area contributed by atoms with Gasteiger partial charge in [-0.25, -0.2) is 9.59 Å². The van der Waals surface area contributed by atoms with Crippen LogP contribution in [0, 0.1) is 0 Å². The van der Waals surface area contributed by atoms with Crippen molar-refractivity contribution in [3.63, 3.8) is 0 Å². The highest BCUT2D eigenvalue weighted by Crippen LogP contribution is 2.40. The number of carbonyl (C=O) groups is 7. The zero-order chi connectivity index (χ0) is 47.6. The first-order valence-corrected chi connectivity index (χ1v) is 21.2. The van der Waals surface area contributed by atoms with Crippen LogP contribution in [0.4, 0.5) is 9.59 Å². The molecule has 4 bridgehead atoms. The number of halogens is 1. The molecule has 1 heterocycles. The van der Waals surface area contributed by atoms with Crippen molar-refractivity contribution >= 4 is 53.3 Å². The third-order valence-electron chi connectivity index (χ3n) is 9.71. The van der Waals surface area contributed by atoms with Gasteiger partial charge in [0.15, 0.2) is 5.78 Å². The number of ether oxygens (including phenoxy) is 4. The van der Waals surface area contributed by atoms with Gasteiger partial charge in [-0.05, 0) is 126 Å². The normalized spacial score (nSPS) is 15.2. The minimum absolute atomic E-state index is 0.0155. The highest BCUT2D eigenvalue weighted by molar-refractivity contribution is 6.30. The summed E-state index contributed by atoms with van der Waals surface area (Å²) < 4.78 is 22.8. The highest BCUT2D eigenvalue weighted by atomic mass is 35.5. The molecule has 0 aromatic heterocycles. The van der Waals surface area contributed by atoms with Crippen molar-refractivity contribution in [3.05, 3.63) is 107 Å². The van der Waals surface area contributed by atoms with Crippen LogP contribution >= 0.6 is 11.6 Å². The van der Waals surface area contributed by atoms with E-state index >= 15 is 0 Å². The number of hydrogen-bond donors (Lipinski definition) is 4. The molecule has 17 heteroatoms. The van der Waals surface area contributed by atoms with Gasteiger partial charge in [-0.15, -0.1) is 0 Å². The van der Waals surface area contributed by atoms with Crippen LogP contribution in [-0.2, 0) is 35.1 Å². The molecule has 0 aliphatic carbocycles. The molecular formula is C48H54ClN5O11. The Morgan fingerprint density at radius 2 is 1.40 bits per heavy atom. The van der Waals surface area contributed by atoms with E-state index in [9.17, 15) is 33.6 Å². The average Bonchev–Trinajstić information content (AvgIpc) is 3.22. The predicted molar refractivity (Wildman–Crippen MR) is 243 cm³/mol. The number of likely N-dealkylation sites (N-methyl/N-ethyl adjacent to an activating group) is 1. The maximum atomic E-state index is 14.2. The van der Waals surface area contributed by atoms with Gasteiger partial charge in [0.1, 0.15) is 35.3 Å². The number of rotatable bonds is 11. The second-order valence-electron chi connectivity index (χ2n) is 17.3. The smallest absolute Gasteiger partial charge is 0.491 e. The molecule has 65 heavy (non-hydrogen) atoms. The van der Waals surface area contributed by atoms with Crippen LogP contribution in [-0.4, -0.2) is 97.1 Å². The molecule has 0 saturated carbocycles. The Bertz CT molecular complexity index is 2430. The minimum atomic E-state index is -1.41. The number of alkyl carbamates (subject to hydrolysis) is 1. The first-order chi connectivity index (χ1) is 30.6. The lowest BCUT2D eigenvalue weighted by Gasteiger charge is -2.29. The highest BCUT2D eigenvalue weighted by Gasteiger charge is 2.32. The maximum Gasteiger partial charge on any atom is 0.514 e. The van der Waals surface area contributed by atoms with Crippen molar-refractivity contribution < 1.29 is 52.5 Å². The number of Topliss-reactive ketones (excluding diaryl/α,β-unsaturated/α-hetero) is 1. The number of ketones is 1. The molecule has 2 atom stereocenters. The van der Waals surface area contributed by atoms with Gasteiger partial charge >= 0.3 is 12.2 Å². The summed E-state index contributed by atoms with van der Waals surface area (Å²) >= 11 is 6.02. The number of amides is 5. The predicted octanol–water partition coefficient (Wildman–Crippen LogP) is 6.57. The zero-order valence-corrected chi connectivity index (χ0v) is 38.3. The summed E-state index contributed by atoms with van der Waals surface area (Å²) in [6.45, 7) is 10.5. The van der Waals surface area contributed by atoms with E-state index < -0.39 is 72.3 Å². The van der Waals surface area contributed by atoms with Crippen LogP contribution in [0.15, 0.2) is 84.9 Å². The molecule has 5 amide bonds. The lowest BCUT2D eigenvalue weighted by atomic mass is 9.93. The molecule has 4 aromatic carbocycles. The van der Waals surface area contributed by atoms with E-state index in [-0.39, 0.29) is 59.1 Å². The SMILES string of the molecule is CC(=O)C1Cc2ccc(OC(=O)OC(C)(C)C)c(c2)-c2cc(ccc2OCCNC(=O)OC(C)(C)C)C(N(C)C(=O)CNC(=O)c2ccc(-c3ccc(Cl)cc3)cc2)C(=O)NCC(=O)N1. The van der Waals surface area contributed by atoms with E-state index in [0.717, 1.165) is 16.0 Å². The van der Waals surface area contributed by atoms with Crippen LogP contribution in [0.25, 0.3) is 22.3 Å². The van der Waals surface area contributed by atoms with Gasteiger partial charge in [0, 0.05) is 28.8 Å². The molecule has 16 nitrogen and oxygen atoms in total. The number of benzene rings is 4. The number of carbonyl (C=O) groups excluding carboxylic acids is 7. The Labute approximate surface area is 382 Å². The van der Waals surface area contributed by atoms with Crippen molar-refractivity contribution in [1.82, 2.24) is 26.2 Å². The summed E-state index contributed by atoms with van der Waals surface area (Å²) in [6.07, 6.45) is -1.64. The van der Waals surface area contributed by atoms with Crippen LogP contribution in [0.2, 0.25) is 5.02 Å².